The van der Waals surface area contributed by atoms with Gasteiger partial charge in [0.05, 0.1) is 24.3 Å². The van der Waals surface area contributed by atoms with Crippen LogP contribution in [0.5, 0.6) is 0 Å². The number of nitrogens with two attached hydrogens (primary N) is 1. The third kappa shape index (κ3) is 2.52. The van der Waals surface area contributed by atoms with Gasteiger partial charge in [-0.2, -0.15) is 0 Å². The average molecular weight is 278 g/mol. The van der Waals surface area contributed by atoms with Crippen LogP contribution in [0, 0.1) is 6.92 Å². The van der Waals surface area contributed by atoms with Gasteiger partial charge in [-0.05, 0) is 25.5 Å². The van der Waals surface area contributed by atoms with E-state index in [-0.39, 0.29) is 6.04 Å². The van der Waals surface area contributed by atoms with E-state index in [1.165, 1.54) is 11.1 Å². The Bertz CT molecular complexity index is 743. The number of pyridine rings is 1. The summed E-state index contributed by atoms with van der Waals surface area (Å²) in [6, 6.07) is 10.5. The molecule has 4 heteroatoms. The van der Waals surface area contributed by atoms with E-state index in [0.717, 1.165) is 11.3 Å². The molecule has 106 valence electrons. The van der Waals surface area contributed by atoms with Gasteiger partial charge in [-0.1, -0.05) is 29.8 Å². The monoisotopic (exact) mass is 278 g/mol. The molecule has 0 amide bonds. The fourth-order valence-electron chi connectivity index (χ4n) is 2.45. The number of benzene rings is 1. The van der Waals surface area contributed by atoms with E-state index < -0.39 is 0 Å². The average Bonchev–Trinajstić information content (AvgIpc) is 2.97. The molecule has 0 saturated carbocycles. The minimum absolute atomic E-state index is 0.183. The van der Waals surface area contributed by atoms with Gasteiger partial charge in [-0.15, -0.1) is 0 Å². The molecule has 0 fully saturated rings. The first-order chi connectivity index (χ1) is 10.2. The summed E-state index contributed by atoms with van der Waals surface area (Å²) in [6.07, 6.45) is 7.15. The van der Waals surface area contributed by atoms with Gasteiger partial charge in [0.1, 0.15) is 0 Å². The van der Waals surface area contributed by atoms with E-state index in [2.05, 4.69) is 52.6 Å². The molecule has 0 aliphatic rings. The number of rotatable bonds is 3. The molecule has 0 saturated heterocycles. The number of hydrogen-bond acceptors (Lipinski definition) is 3. The Balaban J connectivity index is 2.03. The number of hydrogen-bond donors (Lipinski definition) is 1. The van der Waals surface area contributed by atoms with Gasteiger partial charge in [-0.3, -0.25) is 4.98 Å². The smallest absolute Gasteiger partial charge is 0.0956 e. The Morgan fingerprint density at radius 3 is 2.52 bits per heavy atom. The van der Waals surface area contributed by atoms with Crippen molar-refractivity contribution in [2.75, 3.05) is 5.73 Å². The summed E-state index contributed by atoms with van der Waals surface area (Å²) in [5.74, 6) is 0. The highest BCUT2D eigenvalue weighted by atomic mass is 15.1. The van der Waals surface area contributed by atoms with Crippen LogP contribution in [0.25, 0.3) is 11.3 Å². The molecule has 2 aromatic heterocycles. The van der Waals surface area contributed by atoms with E-state index >= 15 is 0 Å². The number of anilines is 1. The molecular formula is C17H18N4. The molecule has 3 rings (SSSR count). The molecule has 0 aliphatic carbocycles. The Labute approximate surface area is 124 Å². The van der Waals surface area contributed by atoms with Crippen molar-refractivity contribution >= 4 is 5.69 Å². The molecule has 0 bridgehead atoms. The normalized spacial score (nSPS) is 12.3. The molecule has 0 radical (unpaired) electrons. The van der Waals surface area contributed by atoms with Crippen molar-refractivity contribution < 1.29 is 0 Å². The zero-order chi connectivity index (χ0) is 14.8. The van der Waals surface area contributed by atoms with Crippen molar-refractivity contribution in [1.82, 2.24) is 14.5 Å². The lowest BCUT2D eigenvalue weighted by atomic mass is 10.1. The number of nitrogens with zero attached hydrogens (tertiary/aromatic N) is 3. The van der Waals surface area contributed by atoms with Crippen LogP contribution in [0.15, 0.2) is 55.2 Å². The fraction of sp³-hybridized carbons (Fsp3) is 0.176. The minimum atomic E-state index is 0.183. The molecule has 1 aromatic carbocycles. The zero-order valence-corrected chi connectivity index (χ0v) is 12.2. The Hall–Kier alpha value is -2.62. The summed E-state index contributed by atoms with van der Waals surface area (Å²) < 4.78 is 2.12. The van der Waals surface area contributed by atoms with Gasteiger partial charge in [0.15, 0.2) is 0 Å². The summed E-state index contributed by atoms with van der Waals surface area (Å²) in [5, 5.41) is 0. The van der Waals surface area contributed by atoms with E-state index in [9.17, 15) is 0 Å². The van der Waals surface area contributed by atoms with Crippen LogP contribution in [-0.4, -0.2) is 14.5 Å². The number of nitrogen functional groups attached to an aromatic ring is 1. The van der Waals surface area contributed by atoms with Gasteiger partial charge in [0.2, 0.25) is 0 Å². The number of imidazole rings is 1. The van der Waals surface area contributed by atoms with Crippen molar-refractivity contribution in [3.63, 3.8) is 0 Å². The number of aryl methyl sites for hydroxylation is 1. The van der Waals surface area contributed by atoms with Crippen LogP contribution in [0.1, 0.15) is 24.1 Å². The van der Waals surface area contributed by atoms with Crippen LogP contribution in [0.3, 0.4) is 0 Å². The third-order valence-corrected chi connectivity index (χ3v) is 3.77. The van der Waals surface area contributed by atoms with Crippen LogP contribution < -0.4 is 5.73 Å². The van der Waals surface area contributed by atoms with Crippen LogP contribution in [0.2, 0.25) is 0 Å². The largest absolute Gasteiger partial charge is 0.398 e. The maximum absolute atomic E-state index is 6.06. The maximum atomic E-state index is 6.06. The van der Waals surface area contributed by atoms with Gasteiger partial charge in [-0.25, -0.2) is 4.98 Å². The molecule has 2 N–H and O–H groups in total. The predicted octanol–water partition coefficient (Wildman–Crippen LogP) is 3.45. The van der Waals surface area contributed by atoms with Crippen molar-refractivity contribution in [2.45, 2.75) is 19.9 Å². The van der Waals surface area contributed by atoms with Crippen molar-refractivity contribution in [3.8, 4) is 11.3 Å². The highest BCUT2D eigenvalue weighted by Crippen LogP contribution is 2.29. The molecule has 4 nitrogen and oxygen atoms in total. The molecule has 0 spiro atoms. The van der Waals surface area contributed by atoms with Gasteiger partial charge < -0.3 is 10.3 Å². The lowest BCUT2D eigenvalue weighted by Gasteiger charge is -2.18. The quantitative estimate of drug-likeness (QED) is 0.798. The van der Waals surface area contributed by atoms with Crippen LogP contribution in [-0.2, 0) is 0 Å². The molecule has 1 unspecified atom stereocenters. The first-order valence-electron chi connectivity index (χ1n) is 6.95. The summed E-state index contributed by atoms with van der Waals surface area (Å²) in [7, 11) is 0. The molecule has 1 atom stereocenters. The van der Waals surface area contributed by atoms with E-state index in [1.54, 1.807) is 12.4 Å². The summed E-state index contributed by atoms with van der Waals surface area (Å²) in [6.45, 7) is 4.25. The lowest BCUT2D eigenvalue weighted by Crippen LogP contribution is -2.08. The number of aromatic nitrogens is 3. The van der Waals surface area contributed by atoms with E-state index in [0.29, 0.717) is 5.69 Å². The van der Waals surface area contributed by atoms with E-state index in [4.69, 9.17) is 5.73 Å². The topological polar surface area (TPSA) is 56.7 Å². The zero-order valence-electron chi connectivity index (χ0n) is 12.2. The summed E-state index contributed by atoms with van der Waals surface area (Å²) >= 11 is 0. The summed E-state index contributed by atoms with van der Waals surface area (Å²) in [4.78, 5) is 8.45. The lowest BCUT2D eigenvalue weighted by molar-refractivity contribution is 0.644. The molecular weight excluding hydrogens is 260 g/mol. The van der Waals surface area contributed by atoms with Gasteiger partial charge >= 0.3 is 0 Å². The first-order valence-corrected chi connectivity index (χ1v) is 6.95. The van der Waals surface area contributed by atoms with Crippen LogP contribution in [0.4, 0.5) is 5.69 Å². The summed E-state index contributed by atoms with van der Waals surface area (Å²) in [5.41, 5.74) is 11.2. The third-order valence-electron chi connectivity index (χ3n) is 3.77. The van der Waals surface area contributed by atoms with Crippen LogP contribution >= 0.6 is 0 Å². The second kappa shape index (κ2) is 5.40. The fourth-order valence-corrected chi connectivity index (χ4v) is 2.45. The highest BCUT2D eigenvalue weighted by molar-refractivity contribution is 5.72. The highest BCUT2D eigenvalue weighted by Gasteiger charge is 2.14. The van der Waals surface area contributed by atoms with Gasteiger partial charge in [0, 0.05) is 23.6 Å². The Morgan fingerprint density at radius 1 is 1.05 bits per heavy atom. The predicted molar refractivity (Wildman–Crippen MR) is 84.9 cm³/mol. The van der Waals surface area contributed by atoms with Crippen molar-refractivity contribution in [2.24, 2.45) is 0 Å². The molecule has 3 aromatic rings. The second-order valence-corrected chi connectivity index (χ2v) is 5.24. The molecule has 2 heterocycles. The molecule has 0 aliphatic heterocycles. The van der Waals surface area contributed by atoms with Crippen molar-refractivity contribution in [1.29, 1.82) is 0 Å². The van der Waals surface area contributed by atoms with E-state index in [1.807, 2.05) is 18.6 Å². The van der Waals surface area contributed by atoms with Crippen molar-refractivity contribution in [3.05, 3.63) is 66.4 Å². The van der Waals surface area contributed by atoms with Gasteiger partial charge in [0.25, 0.3) is 0 Å². The maximum Gasteiger partial charge on any atom is 0.0956 e. The standard InChI is InChI=1S/C17H18N4/c1-12-3-5-14(6-4-12)13(2)21-11-20-10-17(21)15-9-19-8-7-16(15)18/h3-11,13H,1-2H3,(H2,18,19). The Morgan fingerprint density at radius 2 is 1.81 bits per heavy atom. The second-order valence-electron chi connectivity index (χ2n) is 5.24. The SMILES string of the molecule is Cc1ccc(C(C)n2cncc2-c2cnccc2N)cc1. The minimum Gasteiger partial charge on any atom is -0.398 e. The first kappa shape index (κ1) is 13.4. The molecule has 21 heavy (non-hydrogen) atoms. The Kier molecular flexibility index (Phi) is 3.44.